The maximum absolute atomic E-state index is 14.3. The van der Waals surface area contributed by atoms with Crippen molar-refractivity contribution >= 4 is 27.5 Å². The molecule has 1 N–H and O–H groups in total. The molecule has 0 spiro atoms. The second-order valence-corrected chi connectivity index (χ2v) is 11.1. The quantitative estimate of drug-likeness (QED) is 0.475. The molecule has 0 aliphatic heterocycles. The number of rotatable bonds is 12. The van der Waals surface area contributed by atoms with Gasteiger partial charge in [0.05, 0.1) is 11.9 Å². The second kappa shape index (κ2) is 12.7. The zero-order valence-corrected chi connectivity index (χ0v) is 21.9. The molecule has 0 aliphatic rings. The van der Waals surface area contributed by atoms with Gasteiger partial charge in [0.25, 0.3) is 0 Å². The normalized spacial score (nSPS) is 12.3. The van der Waals surface area contributed by atoms with E-state index in [4.69, 9.17) is 0 Å². The number of hydrogen-bond acceptors (Lipinski definition) is 4. The summed E-state index contributed by atoms with van der Waals surface area (Å²) in [5.41, 5.74) is 1.92. The van der Waals surface area contributed by atoms with Gasteiger partial charge in [-0.3, -0.25) is 13.9 Å². The Morgan fingerprint density at radius 3 is 2.23 bits per heavy atom. The lowest BCUT2D eigenvalue weighted by Crippen LogP contribution is -2.48. The molecule has 1 unspecified atom stereocenters. The van der Waals surface area contributed by atoms with Crippen molar-refractivity contribution in [3.63, 3.8) is 0 Å². The van der Waals surface area contributed by atoms with Crippen LogP contribution in [0.1, 0.15) is 44.7 Å². The summed E-state index contributed by atoms with van der Waals surface area (Å²) < 4.78 is 39.8. The molecule has 0 heterocycles. The third-order valence-corrected chi connectivity index (χ3v) is 6.78. The highest BCUT2D eigenvalue weighted by Crippen LogP contribution is 2.22. The van der Waals surface area contributed by atoms with E-state index < -0.39 is 21.9 Å². The van der Waals surface area contributed by atoms with E-state index in [2.05, 4.69) is 5.32 Å². The summed E-state index contributed by atoms with van der Waals surface area (Å²) in [6, 6.07) is 12.6. The number of carbonyl (C=O) groups excluding carboxylic acids is 2. The van der Waals surface area contributed by atoms with Crippen molar-refractivity contribution in [3.05, 3.63) is 65.5 Å². The third kappa shape index (κ3) is 8.65. The molecular weight excluding hydrogens is 469 g/mol. The van der Waals surface area contributed by atoms with E-state index in [9.17, 15) is 22.4 Å². The van der Waals surface area contributed by atoms with Gasteiger partial charge in [-0.1, -0.05) is 55.8 Å². The Morgan fingerprint density at radius 2 is 1.66 bits per heavy atom. The number of nitrogens with zero attached hydrogens (tertiary/aromatic N) is 2. The first kappa shape index (κ1) is 28.3. The number of carbonyl (C=O) groups is 2. The van der Waals surface area contributed by atoms with E-state index in [1.165, 1.54) is 23.1 Å². The first-order valence-corrected chi connectivity index (χ1v) is 13.6. The van der Waals surface area contributed by atoms with E-state index in [1.54, 1.807) is 13.0 Å². The van der Waals surface area contributed by atoms with Crippen LogP contribution in [-0.4, -0.2) is 50.5 Å². The third-order valence-electron chi connectivity index (χ3n) is 5.60. The average Bonchev–Trinajstić information content (AvgIpc) is 2.79. The fourth-order valence-electron chi connectivity index (χ4n) is 3.56. The van der Waals surface area contributed by atoms with Crippen LogP contribution in [0.2, 0.25) is 0 Å². The first-order valence-electron chi connectivity index (χ1n) is 11.7. The summed E-state index contributed by atoms with van der Waals surface area (Å²) >= 11 is 0. The number of nitrogens with one attached hydrogen (secondary N) is 1. The molecular formula is C26H36FN3O4S. The van der Waals surface area contributed by atoms with Crippen LogP contribution < -0.4 is 9.62 Å². The molecule has 2 rings (SSSR count). The topological polar surface area (TPSA) is 86.8 Å². The Morgan fingerprint density at radius 1 is 1.03 bits per heavy atom. The second-order valence-electron chi connectivity index (χ2n) is 9.21. The van der Waals surface area contributed by atoms with Crippen LogP contribution >= 0.6 is 0 Å². The van der Waals surface area contributed by atoms with Crippen LogP contribution in [0.4, 0.5) is 10.1 Å². The Kier molecular flexibility index (Phi) is 10.2. The van der Waals surface area contributed by atoms with Gasteiger partial charge in [0.1, 0.15) is 11.9 Å². The number of amides is 2. The van der Waals surface area contributed by atoms with E-state index in [0.717, 1.165) is 21.7 Å². The minimum Gasteiger partial charge on any atom is -0.354 e. The van der Waals surface area contributed by atoms with Crippen LogP contribution in [0.3, 0.4) is 0 Å². The van der Waals surface area contributed by atoms with Gasteiger partial charge >= 0.3 is 0 Å². The van der Waals surface area contributed by atoms with Crippen molar-refractivity contribution in [1.29, 1.82) is 0 Å². The monoisotopic (exact) mass is 505 g/mol. The van der Waals surface area contributed by atoms with E-state index in [1.807, 2.05) is 45.0 Å². The Bertz CT molecular complexity index is 1100. The smallest absolute Gasteiger partial charge is 0.242 e. The van der Waals surface area contributed by atoms with E-state index >= 15 is 0 Å². The van der Waals surface area contributed by atoms with Gasteiger partial charge in [-0.25, -0.2) is 12.8 Å². The molecule has 0 fully saturated rings. The molecule has 9 heteroatoms. The van der Waals surface area contributed by atoms with Gasteiger partial charge < -0.3 is 10.2 Å². The summed E-state index contributed by atoms with van der Waals surface area (Å²) in [5, 5.41) is 2.87. The molecule has 0 saturated heterocycles. The maximum Gasteiger partial charge on any atom is 0.242 e. The highest BCUT2D eigenvalue weighted by Gasteiger charge is 2.27. The zero-order valence-electron chi connectivity index (χ0n) is 21.1. The molecule has 1 atom stereocenters. The molecule has 2 aromatic carbocycles. The van der Waals surface area contributed by atoms with E-state index in [-0.39, 0.29) is 49.4 Å². The predicted octanol–water partition coefficient (Wildman–Crippen LogP) is 3.87. The highest BCUT2D eigenvalue weighted by atomic mass is 32.2. The number of halogens is 1. The molecule has 0 saturated carbocycles. The first-order chi connectivity index (χ1) is 16.4. The number of para-hydroxylation sites is 1. The highest BCUT2D eigenvalue weighted by molar-refractivity contribution is 7.92. The van der Waals surface area contributed by atoms with Crippen molar-refractivity contribution in [2.75, 3.05) is 23.7 Å². The fourth-order valence-corrected chi connectivity index (χ4v) is 4.53. The SMILES string of the molecule is Cc1ccc(CN(C(=O)CCCN(c2ccccc2F)S(C)(=O)=O)C(C)C(=O)NCC(C)C)cc1. The van der Waals surface area contributed by atoms with Crippen molar-refractivity contribution in [2.24, 2.45) is 5.92 Å². The average molecular weight is 506 g/mol. The van der Waals surface area contributed by atoms with Crippen LogP contribution in [0, 0.1) is 18.7 Å². The van der Waals surface area contributed by atoms with Crippen LogP contribution in [-0.2, 0) is 26.2 Å². The van der Waals surface area contributed by atoms with Crippen molar-refractivity contribution in [3.8, 4) is 0 Å². The van der Waals surface area contributed by atoms with Crippen LogP contribution in [0.15, 0.2) is 48.5 Å². The Labute approximate surface area is 208 Å². The standard InChI is InChI=1S/C26H36FN3O4S/c1-19(2)17-28-26(32)21(4)29(18-22-14-12-20(3)13-15-22)25(31)11-8-16-30(35(5,33)34)24-10-7-6-9-23(24)27/h6-7,9-10,12-15,19,21H,8,11,16-18H2,1-5H3,(H,28,32). The summed E-state index contributed by atoms with van der Waals surface area (Å²) in [6.45, 7) is 8.33. The number of aryl methyl sites for hydroxylation is 1. The number of benzene rings is 2. The van der Waals surface area contributed by atoms with Gasteiger partial charge in [0, 0.05) is 26.1 Å². The molecule has 0 aromatic heterocycles. The van der Waals surface area contributed by atoms with Crippen molar-refractivity contribution < 1.29 is 22.4 Å². The van der Waals surface area contributed by atoms with Gasteiger partial charge in [0.2, 0.25) is 21.8 Å². The summed E-state index contributed by atoms with van der Waals surface area (Å²) in [7, 11) is -3.75. The van der Waals surface area contributed by atoms with Crippen molar-refractivity contribution in [2.45, 2.75) is 53.1 Å². The van der Waals surface area contributed by atoms with Crippen LogP contribution in [0.25, 0.3) is 0 Å². The van der Waals surface area contributed by atoms with E-state index in [0.29, 0.717) is 6.54 Å². The molecule has 0 aliphatic carbocycles. The molecule has 192 valence electrons. The number of sulfonamides is 1. The predicted molar refractivity (Wildman–Crippen MR) is 137 cm³/mol. The lowest BCUT2D eigenvalue weighted by molar-refractivity contribution is -0.140. The minimum atomic E-state index is -3.75. The lowest BCUT2D eigenvalue weighted by Gasteiger charge is -2.29. The lowest BCUT2D eigenvalue weighted by atomic mass is 10.1. The molecule has 0 radical (unpaired) electrons. The molecule has 35 heavy (non-hydrogen) atoms. The maximum atomic E-state index is 14.3. The molecule has 7 nitrogen and oxygen atoms in total. The van der Waals surface area contributed by atoms with Gasteiger partial charge in [-0.15, -0.1) is 0 Å². The number of hydrogen-bond donors (Lipinski definition) is 1. The van der Waals surface area contributed by atoms with Gasteiger partial charge in [-0.05, 0) is 43.9 Å². The zero-order chi connectivity index (χ0) is 26.2. The summed E-state index contributed by atoms with van der Waals surface area (Å²) in [5.74, 6) is -0.906. The number of anilines is 1. The molecule has 2 amide bonds. The Hall–Kier alpha value is -2.94. The van der Waals surface area contributed by atoms with Gasteiger partial charge in [0.15, 0.2) is 0 Å². The van der Waals surface area contributed by atoms with Gasteiger partial charge in [-0.2, -0.15) is 0 Å². The summed E-state index contributed by atoms with van der Waals surface area (Å²) in [4.78, 5) is 27.5. The Balaban J connectivity index is 2.16. The summed E-state index contributed by atoms with van der Waals surface area (Å²) in [6.07, 6.45) is 1.19. The molecule has 0 bridgehead atoms. The van der Waals surface area contributed by atoms with Crippen LogP contribution in [0.5, 0.6) is 0 Å². The fraction of sp³-hybridized carbons (Fsp3) is 0.462. The van der Waals surface area contributed by atoms with Crippen molar-refractivity contribution in [1.82, 2.24) is 10.2 Å². The minimum absolute atomic E-state index is 0.00807. The molecule has 2 aromatic rings. The largest absolute Gasteiger partial charge is 0.354 e.